The van der Waals surface area contributed by atoms with Gasteiger partial charge in [-0.25, -0.2) is 14.2 Å². The Bertz CT molecular complexity index is 647. The quantitative estimate of drug-likeness (QED) is 0.800. The number of carboxylic acid groups (broad SMARTS) is 1. The molecule has 0 saturated heterocycles. The summed E-state index contributed by atoms with van der Waals surface area (Å²) >= 11 is 0. The Morgan fingerprint density at radius 1 is 1.43 bits per heavy atom. The maximum atomic E-state index is 13.8. The van der Waals surface area contributed by atoms with E-state index in [1.54, 1.807) is 0 Å². The van der Waals surface area contributed by atoms with E-state index in [4.69, 9.17) is 9.84 Å². The molecule has 110 valence electrons. The molecule has 1 aromatic carbocycles. The van der Waals surface area contributed by atoms with Gasteiger partial charge in [0.1, 0.15) is 17.9 Å². The first-order valence-corrected chi connectivity index (χ1v) is 6.39. The first-order valence-electron chi connectivity index (χ1n) is 6.39. The molecule has 0 aliphatic rings. The number of anilines is 1. The van der Waals surface area contributed by atoms with E-state index in [2.05, 4.69) is 10.3 Å². The van der Waals surface area contributed by atoms with Crippen molar-refractivity contribution < 1.29 is 19.0 Å². The lowest BCUT2D eigenvalue weighted by atomic mass is 10.2. The number of hydrogen-bond donors (Lipinski definition) is 2. The number of carbonyl (C=O) groups is 1. The molecule has 1 aromatic heterocycles. The van der Waals surface area contributed by atoms with Crippen molar-refractivity contribution >= 4 is 11.8 Å². The standard InChI is InChI=1S/C15H15FN2O3/c1-10-3-2-4-11(9-10)21-8-7-18-14-13(16)12(15(19)20)5-6-17-14/h2-6,9H,7-8H2,1H3,(H,17,18)(H,19,20). The Labute approximate surface area is 121 Å². The van der Waals surface area contributed by atoms with Crippen molar-refractivity contribution in [3.8, 4) is 5.75 Å². The minimum absolute atomic E-state index is 0.0947. The third-order valence-corrected chi connectivity index (χ3v) is 2.77. The number of ether oxygens (including phenoxy) is 1. The zero-order valence-corrected chi connectivity index (χ0v) is 11.5. The van der Waals surface area contributed by atoms with Gasteiger partial charge in [0.05, 0.1) is 6.54 Å². The molecule has 0 aliphatic heterocycles. The van der Waals surface area contributed by atoms with Gasteiger partial charge in [0.2, 0.25) is 0 Å². The molecule has 1 heterocycles. The summed E-state index contributed by atoms with van der Waals surface area (Å²) in [4.78, 5) is 14.6. The number of carboxylic acids is 1. The van der Waals surface area contributed by atoms with Crippen molar-refractivity contribution in [3.63, 3.8) is 0 Å². The third kappa shape index (κ3) is 3.92. The fourth-order valence-electron chi connectivity index (χ4n) is 1.78. The summed E-state index contributed by atoms with van der Waals surface area (Å²) in [7, 11) is 0. The van der Waals surface area contributed by atoms with Crippen LogP contribution in [0.15, 0.2) is 36.5 Å². The van der Waals surface area contributed by atoms with Gasteiger partial charge < -0.3 is 15.2 Å². The first-order chi connectivity index (χ1) is 10.1. The number of halogens is 1. The van der Waals surface area contributed by atoms with Crippen molar-refractivity contribution in [3.05, 3.63) is 53.5 Å². The zero-order valence-electron chi connectivity index (χ0n) is 11.5. The second kappa shape index (κ2) is 6.69. The van der Waals surface area contributed by atoms with Gasteiger partial charge in [0.15, 0.2) is 11.6 Å². The molecule has 21 heavy (non-hydrogen) atoms. The molecule has 2 rings (SSSR count). The molecule has 0 radical (unpaired) electrons. The van der Waals surface area contributed by atoms with Crippen LogP contribution < -0.4 is 10.1 Å². The van der Waals surface area contributed by atoms with Crippen LogP contribution in [-0.4, -0.2) is 29.2 Å². The Hall–Kier alpha value is -2.63. The molecule has 2 N–H and O–H groups in total. The van der Waals surface area contributed by atoms with Crippen LogP contribution in [-0.2, 0) is 0 Å². The molecular weight excluding hydrogens is 275 g/mol. The van der Waals surface area contributed by atoms with Gasteiger partial charge in [0.25, 0.3) is 0 Å². The highest BCUT2D eigenvalue weighted by Gasteiger charge is 2.14. The number of aryl methyl sites for hydroxylation is 1. The molecule has 6 heteroatoms. The van der Waals surface area contributed by atoms with E-state index >= 15 is 0 Å². The van der Waals surface area contributed by atoms with Crippen molar-refractivity contribution in [2.24, 2.45) is 0 Å². The predicted molar refractivity (Wildman–Crippen MR) is 76.3 cm³/mol. The lowest BCUT2D eigenvalue weighted by molar-refractivity contribution is 0.0692. The topological polar surface area (TPSA) is 71.5 Å². The Morgan fingerprint density at radius 2 is 2.24 bits per heavy atom. The normalized spacial score (nSPS) is 10.2. The van der Waals surface area contributed by atoms with Gasteiger partial charge in [-0.05, 0) is 30.7 Å². The second-order valence-corrected chi connectivity index (χ2v) is 4.42. The smallest absolute Gasteiger partial charge is 0.338 e. The summed E-state index contributed by atoms with van der Waals surface area (Å²) in [5, 5.41) is 11.5. The van der Waals surface area contributed by atoms with Crippen LogP contribution in [0.25, 0.3) is 0 Å². The molecule has 0 amide bonds. The molecule has 5 nitrogen and oxygen atoms in total. The summed E-state index contributed by atoms with van der Waals surface area (Å²) in [5.74, 6) is -1.57. The highest BCUT2D eigenvalue weighted by Crippen LogP contribution is 2.15. The highest BCUT2D eigenvalue weighted by atomic mass is 19.1. The number of rotatable bonds is 6. The Kier molecular flexibility index (Phi) is 4.71. The monoisotopic (exact) mass is 290 g/mol. The fraction of sp³-hybridized carbons (Fsp3) is 0.200. The van der Waals surface area contributed by atoms with Crippen LogP contribution in [0.2, 0.25) is 0 Å². The van der Waals surface area contributed by atoms with Crippen LogP contribution >= 0.6 is 0 Å². The summed E-state index contributed by atoms with van der Waals surface area (Å²) in [6.45, 7) is 2.57. The molecule has 2 aromatic rings. The summed E-state index contributed by atoms with van der Waals surface area (Å²) in [5.41, 5.74) is 0.675. The molecule has 0 spiro atoms. The Balaban J connectivity index is 1.89. The van der Waals surface area contributed by atoms with Crippen LogP contribution in [0.1, 0.15) is 15.9 Å². The molecule has 0 aliphatic carbocycles. The number of pyridine rings is 1. The van der Waals surface area contributed by atoms with Gasteiger partial charge in [-0.2, -0.15) is 0 Å². The van der Waals surface area contributed by atoms with E-state index in [1.807, 2.05) is 31.2 Å². The minimum atomic E-state index is -1.33. The maximum absolute atomic E-state index is 13.8. The van der Waals surface area contributed by atoms with Crippen molar-refractivity contribution in [1.29, 1.82) is 0 Å². The molecule has 0 fully saturated rings. The van der Waals surface area contributed by atoms with Crippen LogP contribution in [0.4, 0.5) is 10.2 Å². The van der Waals surface area contributed by atoms with Crippen molar-refractivity contribution in [2.75, 3.05) is 18.5 Å². The number of benzene rings is 1. The second-order valence-electron chi connectivity index (χ2n) is 4.42. The van der Waals surface area contributed by atoms with Gasteiger partial charge in [-0.15, -0.1) is 0 Å². The average molecular weight is 290 g/mol. The van der Waals surface area contributed by atoms with Gasteiger partial charge in [0, 0.05) is 6.20 Å². The molecule has 0 bridgehead atoms. The van der Waals surface area contributed by atoms with Crippen LogP contribution in [0.3, 0.4) is 0 Å². The van der Waals surface area contributed by atoms with Gasteiger partial charge >= 0.3 is 5.97 Å². The maximum Gasteiger partial charge on any atom is 0.338 e. The summed E-state index contributed by atoms with van der Waals surface area (Å²) < 4.78 is 19.3. The fourth-order valence-corrected chi connectivity index (χ4v) is 1.78. The molecule has 0 unspecified atom stereocenters. The lowest BCUT2D eigenvalue weighted by Crippen LogP contribution is -2.14. The largest absolute Gasteiger partial charge is 0.492 e. The summed E-state index contributed by atoms with van der Waals surface area (Å²) in [6.07, 6.45) is 1.25. The van der Waals surface area contributed by atoms with E-state index in [0.717, 1.165) is 17.4 Å². The van der Waals surface area contributed by atoms with E-state index < -0.39 is 17.3 Å². The van der Waals surface area contributed by atoms with E-state index in [0.29, 0.717) is 13.2 Å². The summed E-state index contributed by atoms with van der Waals surface area (Å²) in [6, 6.07) is 8.68. The number of aromatic nitrogens is 1. The zero-order chi connectivity index (χ0) is 15.2. The first kappa shape index (κ1) is 14.8. The number of aromatic carboxylic acids is 1. The number of nitrogens with zero attached hydrogens (tertiary/aromatic N) is 1. The Morgan fingerprint density at radius 3 is 2.95 bits per heavy atom. The average Bonchev–Trinajstić information content (AvgIpc) is 2.45. The van der Waals surface area contributed by atoms with Gasteiger partial charge in [-0.3, -0.25) is 0 Å². The molecule has 0 atom stereocenters. The van der Waals surface area contributed by atoms with Crippen molar-refractivity contribution in [2.45, 2.75) is 6.92 Å². The third-order valence-electron chi connectivity index (χ3n) is 2.77. The van der Waals surface area contributed by atoms with E-state index in [1.165, 1.54) is 6.20 Å². The van der Waals surface area contributed by atoms with Crippen LogP contribution in [0.5, 0.6) is 5.75 Å². The number of hydrogen-bond acceptors (Lipinski definition) is 4. The van der Waals surface area contributed by atoms with E-state index in [-0.39, 0.29) is 5.82 Å². The lowest BCUT2D eigenvalue weighted by Gasteiger charge is -2.09. The molecular formula is C15H15FN2O3. The SMILES string of the molecule is Cc1cccc(OCCNc2nccc(C(=O)O)c2F)c1. The minimum Gasteiger partial charge on any atom is -0.492 e. The highest BCUT2D eigenvalue weighted by molar-refractivity contribution is 5.88. The predicted octanol–water partition coefficient (Wildman–Crippen LogP) is 2.72. The van der Waals surface area contributed by atoms with Crippen molar-refractivity contribution in [1.82, 2.24) is 4.98 Å². The van der Waals surface area contributed by atoms with E-state index in [9.17, 15) is 9.18 Å². The molecule has 0 saturated carbocycles. The number of nitrogens with one attached hydrogen (secondary N) is 1. The van der Waals surface area contributed by atoms with Crippen LogP contribution in [0, 0.1) is 12.7 Å². The van der Waals surface area contributed by atoms with Gasteiger partial charge in [-0.1, -0.05) is 12.1 Å².